The fraction of sp³-hybridized carbons (Fsp3) is 0.400. The molecule has 1 N–H and O–H groups in total. The van der Waals surface area contributed by atoms with Gasteiger partial charge in [-0.15, -0.1) is 0 Å². The van der Waals surface area contributed by atoms with E-state index in [4.69, 9.17) is 0 Å². The zero-order valence-corrected chi connectivity index (χ0v) is 11.0. The van der Waals surface area contributed by atoms with Crippen molar-refractivity contribution in [3.63, 3.8) is 0 Å². The van der Waals surface area contributed by atoms with E-state index in [0.29, 0.717) is 5.92 Å². The van der Waals surface area contributed by atoms with Gasteiger partial charge in [-0.2, -0.15) is 5.10 Å². The molecule has 2 unspecified atom stereocenters. The lowest BCUT2D eigenvalue weighted by Gasteiger charge is -2.15. The monoisotopic (exact) mass is 244 g/mol. The van der Waals surface area contributed by atoms with Crippen molar-refractivity contribution in [3.05, 3.63) is 53.9 Å². The number of aromatic nitrogens is 2. The Labute approximate surface area is 108 Å². The zero-order valence-electron chi connectivity index (χ0n) is 11.0. The highest BCUT2D eigenvalue weighted by molar-refractivity contribution is 5.20. The predicted molar refractivity (Wildman–Crippen MR) is 72.3 cm³/mol. The molecule has 0 radical (unpaired) electrons. The van der Waals surface area contributed by atoms with Crippen LogP contribution in [0.2, 0.25) is 0 Å². The maximum Gasteiger partial charge on any atom is 0.0826 e. The minimum atomic E-state index is -0.444. The Balaban J connectivity index is 2.01. The van der Waals surface area contributed by atoms with E-state index >= 15 is 0 Å². The molecular formula is C15H20N2O. The predicted octanol–water partition coefficient (Wildman–Crippen LogP) is 3.13. The van der Waals surface area contributed by atoms with E-state index in [1.54, 1.807) is 6.20 Å². The fourth-order valence-electron chi connectivity index (χ4n) is 2.11. The average molecular weight is 244 g/mol. The second kappa shape index (κ2) is 5.83. The third kappa shape index (κ3) is 2.99. The lowest BCUT2D eigenvalue weighted by molar-refractivity contribution is 0.159. The Bertz CT molecular complexity index is 478. The molecule has 0 aliphatic carbocycles. The molecule has 0 saturated heterocycles. The van der Waals surface area contributed by atoms with Crippen LogP contribution in [-0.2, 0) is 6.54 Å². The van der Waals surface area contributed by atoms with Gasteiger partial charge in [0.2, 0.25) is 0 Å². The van der Waals surface area contributed by atoms with Crippen molar-refractivity contribution in [1.29, 1.82) is 0 Å². The summed E-state index contributed by atoms with van der Waals surface area (Å²) in [6.07, 6.45) is 3.95. The van der Waals surface area contributed by atoms with Crippen LogP contribution in [-0.4, -0.2) is 14.9 Å². The maximum atomic E-state index is 10.2. The largest absolute Gasteiger partial charge is 0.388 e. The van der Waals surface area contributed by atoms with Gasteiger partial charge in [0, 0.05) is 18.3 Å². The lowest BCUT2D eigenvalue weighted by Crippen LogP contribution is -2.03. The summed E-state index contributed by atoms with van der Waals surface area (Å²) >= 11 is 0. The topological polar surface area (TPSA) is 38.0 Å². The smallest absolute Gasteiger partial charge is 0.0826 e. The summed E-state index contributed by atoms with van der Waals surface area (Å²) in [7, 11) is 0. The van der Waals surface area contributed by atoms with Gasteiger partial charge in [-0.25, -0.2) is 0 Å². The zero-order chi connectivity index (χ0) is 13.0. The van der Waals surface area contributed by atoms with E-state index < -0.39 is 6.10 Å². The third-order valence-electron chi connectivity index (χ3n) is 3.31. The number of nitrogens with zero attached hydrogens (tertiary/aromatic N) is 2. The van der Waals surface area contributed by atoms with Crippen LogP contribution in [0.3, 0.4) is 0 Å². The van der Waals surface area contributed by atoms with Crippen LogP contribution >= 0.6 is 0 Å². The first-order valence-electron chi connectivity index (χ1n) is 6.46. The molecule has 3 heteroatoms. The molecule has 2 rings (SSSR count). The molecule has 0 saturated carbocycles. The molecule has 18 heavy (non-hydrogen) atoms. The van der Waals surface area contributed by atoms with E-state index in [1.807, 2.05) is 36.0 Å². The molecule has 1 aromatic heterocycles. The molecular weight excluding hydrogens is 224 g/mol. The van der Waals surface area contributed by atoms with Crippen molar-refractivity contribution in [2.45, 2.75) is 38.8 Å². The van der Waals surface area contributed by atoms with Crippen LogP contribution in [0, 0.1) is 0 Å². The van der Waals surface area contributed by atoms with Crippen molar-refractivity contribution in [2.75, 3.05) is 0 Å². The van der Waals surface area contributed by atoms with Crippen LogP contribution < -0.4 is 0 Å². The molecule has 0 bridgehead atoms. The Morgan fingerprint density at radius 2 is 1.94 bits per heavy atom. The second-order valence-corrected chi connectivity index (χ2v) is 4.69. The highest BCUT2D eigenvalue weighted by atomic mass is 16.3. The second-order valence-electron chi connectivity index (χ2n) is 4.69. The summed E-state index contributed by atoms with van der Waals surface area (Å²) in [4.78, 5) is 0. The standard InChI is InChI=1S/C15H20N2O/c1-3-17-11-14(10-16-17)15(18)9-12(2)13-7-5-4-6-8-13/h4-8,10-12,15,18H,3,9H2,1-2H3. The van der Waals surface area contributed by atoms with Crippen molar-refractivity contribution in [3.8, 4) is 0 Å². The maximum absolute atomic E-state index is 10.2. The summed E-state index contributed by atoms with van der Waals surface area (Å²) < 4.78 is 1.84. The first kappa shape index (κ1) is 12.8. The van der Waals surface area contributed by atoms with E-state index in [2.05, 4.69) is 24.2 Å². The SMILES string of the molecule is CCn1cc(C(O)CC(C)c2ccccc2)cn1. The normalized spacial score (nSPS) is 14.4. The van der Waals surface area contributed by atoms with Gasteiger partial charge in [0.1, 0.15) is 0 Å². The number of aliphatic hydroxyl groups excluding tert-OH is 1. The van der Waals surface area contributed by atoms with Gasteiger partial charge in [-0.05, 0) is 24.8 Å². The van der Waals surface area contributed by atoms with Gasteiger partial charge in [-0.1, -0.05) is 37.3 Å². The molecule has 1 heterocycles. The van der Waals surface area contributed by atoms with E-state index in [9.17, 15) is 5.11 Å². The number of hydrogen-bond donors (Lipinski definition) is 1. The number of hydrogen-bond acceptors (Lipinski definition) is 2. The quantitative estimate of drug-likeness (QED) is 0.877. The first-order valence-corrected chi connectivity index (χ1v) is 6.46. The Morgan fingerprint density at radius 3 is 2.56 bits per heavy atom. The van der Waals surface area contributed by atoms with E-state index in [1.165, 1.54) is 5.56 Å². The molecule has 0 aliphatic heterocycles. The Morgan fingerprint density at radius 1 is 1.22 bits per heavy atom. The number of aryl methyl sites for hydroxylation is 1. The van der Waals surface area contributed by atoms with Crippen LogP contribution in [0.4, 0.5) is 0 Å². The van der Waals surface area contributed by atoms with Gasteiger partial charge < -0.3 is 5.11 Å². The number of rotatable bonds is 5. The molecule has 0 spiro atoms. The molecule has 2 atom stereocenters. The van der Waals surface area contributed by atoms with E-state index in [0.717, 1.165) is 18.5 Å². The fourth-order valence-corrected chi connectivity index (χ4v) is 2.11. The minimum Gasteiger partial charge on any atom is -0.388 e. The molecule has 0 aliphatic rings. The summed E-state index contributed by atoms with van der Waals surface area (Å²) in [5, 5.41) is 14.4. The molecule has 96 valence electrons. The molecule has 0 amide bonds. The van der Waals surface area contributed by atoms with Crippen molar-refractivity contribution in [2.24, 2.45) is 0 Å². The van der Waals surface area contributed by atoms with Crippen LogP contribution in [0.1, 0.15) is 43.4 Å². The van der Waals surface area contributed by atoms with Crippen LogP contribution in [0.5, 0.6) is 0 Å². The number of benzene rings is 1. The van der Waals surface area contributed by atoms with Crippen LogP contribution in [0.15, 0.2) is 42.7 Å². The molecule has 2 aromatic rings. The van der Waals surface area contributed by atoms with Crippen LogP contribution in [0.25, 0.3) is 0 Å². The van der Waals surface area contributed by atoms with Crippen molar-refractivity contribution >= 4 is 0 Å². The highest BCUT2D eigenvalue weighted by Crippen LogP contribution is 2.27. The summed E-state index contributed by atoms with van der Waals surface area (Å²) in [6, 6.07) is 10.3. The van der Waals surface area contributed by atoms with Gasteiger partial charge in [-0.3, -0.25) is 4.68 Å². The minimum absolute atomic E-state index is 0.339. The van der Waals surface area contributed by atoms with Gasteiger partial charge in [0.05, 0.1) is 12.3 Å². The Hall–Kier alpha value is -1.61. The average Bonchev–Trinajstić information content (AvgIpc) is 2.88. The molecule has 1 aromatic carbocycles. The van der Waals surface area contributed by atoms with Gasteiger partial charge in [0.15, 0.2) is 0 Å². The van der Waals surface area contributed by atoms with Gasteiger partial charge in [0.25, 0.3) is 0 Å². The summed E-state index contributed by atoms with van der Waals surface area (Å²) in [5.41, 5.74) is 2.17. The third-order valence-corrected chi connectivity index (χ3v) is 3.31. The summed E-state index contributed by atoms with van der Waals surface area (Å²) in [5.74, 6) is 0.339. The summed E-state index contributed by atoms with van der Waals surface area (Å²) in [6.45, 7) is 5.01. The van der Waals surface area contributed by atoms with E-state index in [-0.39, 0.29) is 0 Å². The van der Waals surface area contributed by atoms with Gasteiger partial charge >= 0.3 is 0 Å². The number of aliphatic hydroxyl groups is 1. The molecule has 3 nitrogen and oxygen atoms in total. The highest BCUT2D eigenvalue weighted by Gasteiger charge is 2.15. The lowest BCUT2D eigenvalue weighted by atomic mass is 9.93. The van der Waals surface area contributed by atoms with Crippen molar-refractivity contribution < 1.29 is 5.11 Å². The van der Waals surface area contributed by atoms with Crippen molar-refractivity contribution in [1.82, 2.24) is 9.78 Å². The molecule has 0 fully saturated rings. The Kier molecular flexibility index (Phi) is 4.15. The first-order chi connectivity index (χ1) is 8.70.